The number of β-amino-alcohol motifs (C(OH)–C–C–N with tert-alkyl or cyclic N) is 1. The highest BCUT2D eigenvalue weighted by Gasteiger charge is 2.24. The molecule has 6 heteroatoms. The Hall–Kier alpha value is -2.86. The Morgan fingerprint density at radius 2 is 2.12 bits per heavy atom. The molecule has 0 bridgehead atoms. The van der Waals surface area contributed by atoms with E-state index in [1.54, 1.807) is 6.20 Å². The number of furan rings is 1. The van der Waals surface area contributed by atoms with Gasteiger partial charge in [-0.05, 0) is 18.6 Å². The van der Waals surface area contributed by atoms with Crippen molar-refractivity contribution in [3.63, 3.8) is 0 Å². The van der Waals surface area contributed by atoms with Crippen molar-refractivity contribution in [2.75, 3.05) is 18.0 Å². The summed E-state index contributed by atoms with van der Waals surface area (Å²) in [4.78, 5) is 11.1. The van der Waals surface area contributed by atoms with Gasteiger partial charge < -0.3 is 14.4 Å². The maximum Gasteiger partial charge on any atom is 0.180 e. The number of hydrogen-bond acceptors (Lipinski definition) is 5. The molecule has 4 aromatic rings. The predicted molar refractivity (Wildman–Crippen MR) is 91.0 cm³/mol. The minimum atomic E-state index is -0.295. The first-order valence-corrected chi connectivity index (χ1v) is 8.03. The summed E-state index contributed by atoms with van der Waals surface area (Å²) >= 11 is 0. The fraction of sp³-hybridized carbons (Fsp3) is 0.222. The van der Waals surface area contributed by atoms with Crippen molar-refractivity contribution in [1.29, 1.82) is 0 Å². The van der Waals surface area contributed by atoms with E-state index in [2.05, 4.69) is 14.9 Å². The molecule has 3 aromatic heterocycles. The second kappa shape index (κ2) is 5.07. The normalized spacial score (nSPS) is 18.0. The van der Waals surface area contributed by atoms with Gasteiger partial charge in [-0.3, -0.25) is 4.40 Å². The van der Waals surface area contributed by atoms with Gasteiger partial charge in [0.15, 0.2) is 17.2 Å². The lowest BCUT2D eigenvalue weighted by molar-refractivity contribution is 0.198. The number of hydrogen-bond donors (Lipinski definition) is 1. The number of fused-ring (bicyclic) bond motifs is 2. The summed E-state index contributed by atoms with van der Waals surface area (Å²) in [6, 6.07) is 9.98. The number of aliphatic hydroxyl groups is 1. The van der Waals surface area contributed by atoms with E-state index in [0.29, 0.717) is 6.54 Å². The molecule has 0 aliphatic carbocycles. The molecule has 120 valence electrons. The molecule has 0 saturated carbocycles. The van der Waals surface area contributed by atoms with Gasteiger partial charge in [-0.2, -0.15) is 0 Å². The van der Waals surface area contributed by atoms with Crippen LogP contribution in [0.3, 0.4) is 0 Å². The molecule has 0 amide bonds. The number of anilines is 1. The Morgan fingerprint density at radius 1 is 1.21 bits per heavy atom. The molecule has 1 saturated heterocycles. The maximum atomic E-state index is 9.79. The molecule has 1 atom stereocenters. The van der Waals surface area contributed by atoms with Crippen LogP contribution in [0.1, 0.15) is 6.42 Å². The molecule has 24 heavy (non-hydrogen) atoms. The van der Waals surface area contributed by atoms with Gasteiger partial charge >= 0.3 is 0 Å². The molecule has 1 aromatic carbocycles. The summed E-state index contributed by atoms with van der Waals surface area (Å²) < 4.78 is 7.96. The first kappa shape index (κ1) is 13.6. The smallest absolute Gasteiger partial charge is 0.180 e. The summed E-state index contributed by atoms with van der Waals surface area (Å²) in [5, 5.41) is 10.9. The molecule has 1 unspecified atom stereocenters. The molecule has 5 rings (SSSR count). The topological polar surface area (TPSA) is 66.8 Å². The second-order valence-corrected chi connectivity index (χ2v) is 6.12. The van der Waals surface area contributed by atoms with E-state index in [1.165, 1.54) is 0 Å². The molecule has 1 aliphatic rings. The van der Waals surface area contributed by atoms with Gasteiger partial charge in [0.25, 0.3) is 0 Å². The molecule has 1 N–H and O–H groups in total. The van der Waals surface area contributed by atoms with Crippen LogP contribution in [-0.4, -0.2) is 38.7 Å². The minimum Gasteiger partial charge on any atom is -0.454 e. The van der Waals surface area contributed by atoms with Crippen LogP contribution >= 0.6 is 0 Å². The number of rotatable bonds is 2. The van der Waals surface area contributed by atoms with Gasteiger partial charge in [0, 0.05) is 30.9 Å². The lowest BCUT2D eigenvalue weighted by Crippen LogP contribution is -2.23. The second-order valence-electron chi connectivity index (χ2n) is 6.12. The van der Waals surface area contributed by atoms with E-state index in [1.807, 2.05) is 47.1 Å². The van der Waals surface area contributed by atoms with Gasteiger partial charge in [-0.1, -0.05) is 18.2 Å². The molecule has 1 aliphatic heterocycles. The van der Waals surface area contributed by atoms with E-state index in [0.717, 1.165) is 46.9 Å². The highest BCUT2D eigenvalue weighted by Crippen LogP contribution is 2.30. The van der Waals surface area contributed by atoms with Crippen LogP contribution in [0.25, 0.3) is 28.1 Å². The third-order valence-corrected chi connectivity index (χ3v) is 4.55. The first-order valence-electron chi connectivity index (χ1n) is 8.03. The molecule has 4 heterocycles. The number of para-hydroxylation sites is 1. The minimum absolute atomic E-state index is 0.295. The van der Waals surface area contributed by atoms with Crippen LogP contribution in [0.4, 0.5) is 5.82 Å². The van der Waals surface area contributed by atoms with Crippen molar-refractivity contribution in [3.8, 4) is 11.5 Å². The summed E-state index contributed by atoms with van der Waals surface area (Å²) in [6.07, 6.45) is 5.93. The summed E-state index contributed by atoms with van der Waals surface area (Å²) in [5.74, 6) is 1.58. The van der Waals surface area contributed by atoms with Gasteiger partial charge in [-0.15, -0.1) is 0 Å². The zero-order valence-corrected chi connectivity index (χ0v) is 13.0. The molecule has 1 fully saturated rings. The Bertz CT molecular complexity index is 1000. The zero-order chi connectivity index (χ0) is 16.1. The van der Waals surface area contributed by atoms with Crippen molar-refractivity contribution in [2.45, 2.75) is 12.5 Å². The number of aromatic nitrogens is 3. The zero-order valence-electron chi connectivity index (χ0n) is 13.0. The Morgan fingerprint density at radius 3 is 2.96 bits per heavy atom. The Kier molecular flexibility index (Phi) is 2.87. The Labute approximate surface area is 138 Å². The third kappa shape index (κ3) is 2.00. The average molecular weight is 320 g/mol. The highest BCUT2D eigenvalue weighted by atomic mass is 16.3. The highest BCUT2D eigenvalue weighted by molar-refractivity contribution is 5.83. The fourth-order valence-corrected chi connectivity index (χ4v) is 3.35. The predicted octanol–water partition coefficient (Wildman–Crippen LogP) is 2.71. The van der Waals surface area contributed by atoms with Crippen molar-refractivity contribution in [2.24, 2.45) is 0 Å². The Balaban J connectivity index is 1.65. The van der Waals surface area contributed by atoms with Crippen LogP contribution in [0.15, 0.2) is 53.3 Å². The molecular formula is C18H16N4O2. The number of nitrogens with zero attached hydrogens (tertiary/aromatic N) is 4. The SMILES string of the molecule is OC1CCN(c2nccn3c(-c4cc5ccccc5o4)cnc23)C1. The summed E-state index contributed by atoms with van der Waals surface area (Å²) in [7, 11) is 0. The van der Waals surface area contributed by atoms with E-state index < -0.39 is 0 Å². The van der Waals surface area contributed by atoms with Crippen LogP contribution in [0, 0.1) is 0 Å². The number of aliphatic hydroxyl groups excluding tert-OH is 1. The van der Waals surface area contributed by atoms with E-state index in [4.69, 9.17) is 4.42 Å². The molecular weight excluding hydrogens is 304 g/mol. The van der Waals surface area contributed by atoms with E-state index in [-0.39, 0.29) is 6.10 Å². The van der Waals surface area contributed by atoms with E-state index in [9.17, 15) is 5.11 Å². The van der Waals surface area contributed by atoms with Crippen molar-refractivity contribution in [3.05, 3.63) is 48.9 Å². The van der Waals surface area contributed by atoms with Gasteiger partial charge in [-0.25, -0.2) is 9.97 Å². The van der Waals surface area contributed by atoms with Crippen LogP contribution in [-0.2, 0) is 0 Å². The fourth-order valence-electron chi connectivity index (χ4n) is 3.35. The van der Waals surface area contributed by atoms with Crippen LogP contribution < -0.4 is 4.90 Å². The van der Waals surface area contributed by atoms with Crippen molar-refractivity contribution < 1.29 is 9.52 Å². The third-order valence-electron chi connectivity index (χ3n) is 4.55. The van der Waals surface area contributed by atoms with Crippen LogP contribution in [0.5, 0.6) is 0 Å². The van der Waals surface area contributed by atoms with Gasteiger partial charge in [0.2, 0.25) is 0 Å². The average Bonchev–Trinajstić information content (AvgIpc) is 3.31. The largest absolute Gasteiger partial charge is 0.454 e. The van der Waals surface area contributed by atoms with Crippen LogP contribution in [0.2, 0.25) is 0 Å². The molecule has 6 nitrogen and oxygen atoms in total. The monoisotopic (exact) mass is 320 g/mol. The quantitative estimate of drug-likeness (QED) is 0.615. The first-order chi connectivity index (χ1) is 11.8. The molecule has 0 radical (unpaired) electrons. The van der Waals surface area contributed by atoms with E-state index >= 15 is 0 Å². The van der Waals surface area contributed by atoms with Crippen molar-refractivity contribution in [1.82, 2.24) is 14.4 Å². The summed E-state index contributed by atoms with van der Waals surface area (Å²) in [6.45, 7) is 1.39. The van der Waals surface area contributed by atoms with Crippen molar-refractivity contribution >= 4 is 22.4 Å². The lowest BCUT2D eigenvalue weighted by Gasteiger charge is -2.16. The molecule has 0 spiro atoms. The van der Waals surface area contributed by atoms with Gasteiger partial charge in [0.1, 0.15) is 11.3 Å². The number of imidazole rings is 1. The number of benzene rings is 1. The standard InChI is InChI=1S/C18H16N4O2/c23-13-5-7-21(11-13)17-18-20-10-14(22(18)8-6-19-17)16-9-12-3-1-2-4-15(12)24-16/h1-4,6,8-10,13,23H,5,7,11H2. The maximum absolute atomic E-state index is 9.79. The lowest BCUT2D eigenvalue weighted by atomic mass is 10.2. The summed E-state index contributed by atoms with van der Waals surface area (Å²) in [5.41, 5.74) is 2.53. The van der Waals surface area contributed by atoms with Gasteiger partial charge in [0.05, 0.1) is 12.3 Å².